The summed E-state index contributed by atoms with van der Waals surface area (Å²) in [6.45, 7) is 10.0. The number of carbonyl (C=O) groups excluding carboxylic acids is 1. The number of benzene rings is 1. The summed E-state index contributed by atoms with van der Waals surface area (Å²) in [5, 5.41) is 11.2. The van der Waals surface area contributed by atoms with Crippen molar-refractivity contribution in [3.8, 4) is 0 Å². The normalized spacial score (nSPS) is 19.2. The standard InChI is InChI=1S/C22H33N2O8P/c1-8-23(9-2)21(25)19-20(33(28,29-6)30-7)17(14-18(31-19)32-22(3,4)5)15-10-12-16(13-11-15)24(26)27/h10-13,17-18H,8-9,14H2,1-7H3/t17-,18+/m0/s1. The molecule has 0 aliphatic carbocycles. The third-order valence-corrected chi connectivity index (χ3v) is 7.32. The SMILES string of the molecule is CCN(CC)C(=O)C1=C(P(=O)(OC)OC)[C@H](c2ccc([N+](=O)[O-])cc2)C[C@@H](OC(C)(C)C)O1. The molecule has 0 spiro atoms. The number of carbonyl (C=O) groups is 1. The van der Waals surface area contributed by atoms with Gasteiger partial charge in [0.05, 0.1) is 15.8 Å². The lowest BCUT2D eigenvalue weighted by atomic mass is 9.92. The predicted molar refractivity (Wildman–Crippen MR) is 123 cm³/mol. The highest BCUT2D eigenvalue weighted by Gasteiger charge is 2.46. The van der Waals surface area contributed by atoms with Crippen molar-refractivity contribution in [2.24, 2.45) is 0 Å². The fourth-order valence-corrected chi connectivity index (χ4v) is 5.27. The molecule has 1 aliphatic rings. The van der Waals surface area contributed by atoms with Gasteiger partial charge in [-0.3, -0.25) is 19.5 Å². The second-order valence-corrected chi connectivity index (χ2v) is 10.7. The Balaban J connectivity index is 2.76. The van der Waals surface area contributed by atoms with Gasteiger partial charge in [-0.15, -0.1) is 0 Å². The van der Waals surface area contributed by atoms with Crippen LogP contribution < -0.4 is 0 Å². The molecular weight excluding hydrogens is 451 g/mol. The predicted octanol–water partition coefficient (Wildman–Crippen LogP) is 4.81. The van der Waals surface area contributed by atoms with Gasteiger partial charge >= 0.3 is 7.60 Å². The number of ether oxygens (including phenoxy) is 2. The van der Waals surface area contributed by atoms with Crippen molar-refractivity contribution in [1.29, 1.82) is 0 Å². The van der Waals surface area contributed by atoms with Crippen LogP contribution in [-0.4, -0.2) is 54.9 Å². The number of allylic oxidation sites excluding steroid dienone is 1. The Morgan fingerprint density at radius 1 is 1.18 bits per heavy atom. The number of nitrogens with zero attached hydrogens (tertiary/aromatic N) is 2. The van der Waals surface area contributed by atoms with Crippen LogP contribution >= 0.6 is 7.60 Å². The van der Waals surface area contributed by atoms with E-state index in [0.29, 0.717) is 18.7 Å². The van der Waals surface area contributed by atoms with Crippen molar-refractivity contribution in [3.63, 3.8) is 0 Å². The summed E-state index contributed by atoms with van der Waals surface area (Å²) in [5.41, 5.74) is -0.0712. The highest BCUT2D eigenvalue weighted by atomic mass is 31.2. The highest BCUT2D eigenvalue weighted by Crippen LogP contribution is 2.63. The van der Waals surface area contributed by atoms with Crippen molar-refractivity contribution in [2.45, 2.75) is 58.8 Å². The van der Waals surface area contributed by atoms with Crippen molar-refractivity contribution in [1.82, 2.24) is 4.90 Å². The van der Waals surface area contributed by atoms with E-state index in [2.05, 4.69) is 0 Å². The molecule has 33 heavy (non-hydrogen) atoms. The molecule has 0 fully saturated rings. The topological polar surface area (TPSA) is 117 Å². The van der Waals surface area contributed by atoms with Gasteiger partial charge in [-0.25, -0.2) is 0 Å². The zero-order valence-corrected chi connectivity index (χ0v) is 21.1. The molecule has 2 atom stereocenters. The van der Waals surface area contributed by atoms with Crippen LogP contribution in [0.15, 0.2) is 35.3 Å². The van der Waals surface area contributed by atoms with Crippen LogP contribution in [0.1, 0.15) is 52.5 Å². The zero-order chi connectivity index (χ0) is 25.0. The molecule has 0 bridgehead atoms. The Bertz CT molecular complexity index is 927. The third kappa shape index (κ3) is 6.20. The number of hydrogen-bond donors (Lipinski definition) is 0. The molecule has 0 radical (unpaired) electrons. The van der Waals surface area contributed by atoms with Gasteiger partial charge in [0.2, 0.25) is 6.29 Å². The highest BCUT2D eigenvalue weighted by molar-refractivity contribution is 7.58. The number of nitro groups is 1. The van der Waals surface area contributed by atoms with E-state index < -0.39 is 36.2 Å². The van der Waals surface area contributed by atoms with Gasteiger partial charge in [-0.1, -0.05) is 12.1 Å². The molecule has 0 N–H and O–H groups in total. The molecule has 184 valence electrons. The Kier molecular flexibility index (Phi) is 8.81. The van der Waals surface area contributed by atoms with E-state index in [0.717, 1.165) is 0 Å². The second kappa shape index (κ2) is 10.8. The monoisotopic (exact) mass is 484 g/mol. The van der Waals surface area contributed by atoms with Gasteiger partial charge < -0.3 is 23.4 Å². The smallest absolute Gasteiger partial charge is 0.361 e. The average molecular weight is 484 g/mol. The molecule has 1 aromatic rings. The summed E-state index contributed by atoms with van der Waals surface area (Å²) in [6.07, 6.45) is -0.624. The minimum atomic E-state index is -3.94. The first-order valence-electron chi connectivity index (χ1n) is 10.7. The lowest BCUT2D eigenvalue weighted by Crippen LogP contribution is -2.40. The Morgan fingerprint density at radius 2 is 1.73 bits per heavy atom. The number of amides is 1. The quantitative estimate of drug-likeness (QED) is 0.279. The fraction of sp³-hybridized carbons (Fsp3) is 0.591. The molecule has 1 aromatic carbocycles. The van der Waals surface area contributed by atoms with Crippen LogP contribution in [0.25, 0.3) is 0 Å². The molecule has 11 heteroatoms. The van der Waals surface area contributed by atoms with Gasteiger partial charge in [-0.05, 0) is 40.2 Å². The van der Waals surface area contributed by atoms with E-state index in [4.69, 9.17) is 18.5 Å². The molecular formula is C22H33N2O8P. The first kappa shape index (κ1) is 27.0. The first-order valence-corrected chi connectivity index (χ1v) is 12.3. The van der Waals surface area contributed by atoms with E-state index >= 15 is 0 Å². The molecule has 0 saturated heterocycles. The molecule has 2 rings (SSSR count). The summed E-state index contributed by atoms with van der Waals surface area (Å²) < 4.78 is 36.3. The summed E-state index contributed by atoms with van der Waals surface area (Å²) in [7, 11) is -1.46. The first-order chi connectivity index (χ1) is 15.4. The van der Waals surface area contributed by atoms with Crippen molar-refractivity contribution < 1.29 is 32.8 Å². The number of hydrogen-bond acceptors (Lipinski definition) is 8. The van der Waals surface area contributed by atoms with Crippen LogP contribution in [0.3, 0.4) is 0 Å². The summed E-state index contributed by atoms with van der Waals surface area (Å²) in [6, 6.07) is 5.85. The van der Waals surface area contributed by atoms with Gasteiger partial charge in [0.15, 0.2) is 5.76 Å². The molecule has 1 aliphatic heterocycles. The fourth-order valence-electron chi connectivity index (χ4n) is 3.69. The average Bonchev–Trinajstić information content (AvgIpc) is 2.77. The summed E-state index contributed by atoms with van der Waals surface area (Å²) in [5.74, 6) is -1.26. The van der Waals surface area contributed by atoms with Gasteiger partial charge in [0.1, 0.15) is 0 Å². The van der Waals surface area contributed by atoms with Crippen LogP contribution in [0.2, 0.25) is 0 Å². The Labute approximate surface area is 194 Å². The minimum absolute atomic E-state index is 0.0759. The molecule has 0 saturated carbocycles. The lowest BCUT2D eigenvalue weighted by molar-refractivity contribution is -0.384. The number of non-ortho nitro benzene ring substituents is 1. The van der Waals surface area contributed by atoms with E-state index in [1.807, 2.05) is 34.6 Å². The second-order valence-electron chi connectivity index (χ2n) is 8.47. The van der Waals surface area contributed by atoms with Crippen LogP contribution in [-0.2, 0) is 27.9 Å². The molecule has 0 aromatic heterocycles. The van der Waals surface area contributed by atoms with Gasteiger partial charge in [-0.2, -0.15) is 0 Å². The largest absolute Gasteiger partial charge is 0.458 e. The van der Waals surface area contributed by atoms with Gasteiger partial charge in [0, 0.05) is 51.8 Å². The zero-order valence-electron chi connectivity index (χ0n) is 20.2. The molecule has 0 unspecified atom stereocenters. The van der Waals surface area contributed by atoms with Crippen LogP contribution in [0.5, 0.6) is 0 Å². The maximum absolute atomic E-state index is 13.7. The van der Waals surface area contributed by atoms with E-state index in [1.54, 1.807) is 12.1 Å². The Morgan fingerprint density at radius 3 is 2.15 bits per heavy atom. The maximum Gasteiger partial charge on any atom is 0.361 e. The van der Waals surface area contributed by atoms with Gasteiger partial charge in [0.25, 0.3) is 11.6 Å². The lowest BCUT2D eigenvalue weighted by Gasteiger charge is -2.38. The summed E-state index contributed by atoms with van der Waals surface area (Å²) in [4.78, 5) is 25.6. The van der Waals surface area contributed by atoms with E-state index in [-0.39, 0.29) is 23.2 Å². The summed E-state index contributed by atoms with van der Waals surface area (Å²) >= 11 is 0. The van der Waals surface area contributed by atoms with Crippen LogP contribution in [0.4, 0.5) is 5.69 Å². The van der Waals surface area contributed by atoms with Crippen LogP contribution in [0, 0.1) is 10.1 Å². The van der Waals surface area contributed by atoms with E-state index in [9.17, 15) is 19.5 Å². The number of likely N-dealkylation sites (N-methyl/N-ethyl adjacent to an activating group) is 1. The van der Waals surface area contributed by atoms with Crippen molar-refractivity contribution >= 4 is 19.2 Å². The molecule has 1 heterocycles. The minimum Gasteiger partial charge on any atom is -0.458 e. The number of nitro benzene ring substituents is 1. The van der Waals surface area contributed by atoms with E-state index in [1.165, 1.54) is 31.3 Å². The van der Waals surface area contributed by atoms with Crippen molar-refractivity contribution in [2.75, 3.05) is 27.3 Å². The Hall–Kier alpha value is -2.26. The number of rotatable bonds is 9. The van der Waals surface area contributed by atoms with Crippen molar-refractivity contribution in [3.05, 3.63) is 51.0 Å². The molecule has 1 amide bonds. The maximum atomic E-state index is 13.7. The third-order valence-electron chi connectivity index (χ3n) is 5.25. The molecule has 10 nitrogen and oxygen atoms in total.